The van der Waals surface area contributed by atoms with Crippen LogP contribution in [0.25, 0.3) is 22.5 Å². The molecule has 0 aliphatic rings. The smallest absolute Gasteiger partial charge is 0.167 e. The predicted molar refractivity (Wildman–Crippen MR) is 89.0 cm³/mol. The summed E-state index contributed by atoms with van der Waals surface area (Å²) in [5.41, 5.74) is 4.21. The summed E-state index contributed by atoms with van der Waals surface area (Å²) < 4.78 is 0. The molecule has 102 valence electrons. The molecule has 0 amide bonds. The first kappa shape index (κ1) is 13.5. The highest BCUT2D eigenvalue weighted by Gasteiger charge is 2.13. The van der Waals surface area contributed by atoms with Crippen LogP contribution in [0.4, 0.5) is 0 Å². The first-order valence-electron chi connectivity index (χ1n) is 6.65. The van der Waals surface area contributed by atoms with Crippen molar-refractivity contribution in [1.29, 1.82) is 0 Å². The Morgan fingerprint density at radius 1 is 0.952 bits per heavy atom. The number of imidazole rings is 1. The van der Waals surface area contributed by atoms with Gasteiger partial charge in [0.25, 0.3) is 0 Å². The van der Waals surface area contributed by atoms with Gasteiger partial charge < -0.3 is 4.98 Å². The van der Waals surface area contributed by atoms with Crippen LogP contribution in [0.2, 0.25) is 0 Å². The predicted octanol–water partition coefficient (Wildman–Crippen LogP) is 4.47. The van der Waals surface area contributed by atoms with E-state index in [1.807, 2.05) is 36.4 Å². The van der Waals surface area contributed by atoms with Gasteiger partial charge in [-0.1, -0.05) is 78.3 Å². The molecular weight excluding hydrogens is 276 g/mol. The lowest BCUT2D eigenvalue weighted by Gasteiger charge is -2.02. The van der Waals surface area contributed by atoms with E-state index < -0.39 is 0 Å². The highest BCUT2D eigenvalue weighted by molar-refractivity contribution is 7.99. The molecule has 1 aromatic heterocycles. The minimum Gasteiger partial charge on any atom is -0.332 e. The number of nitrogens with one attached hydrogen (secondary N) is 1. The largest absolute Gasteiger partial charge is 0.332 e. The number of hydrogen-bond donors (Lipinski definition) is 1. The standard InChI is InChI=1S/C18H14N2S/c1-2-13-21-18-19-16(14-9-5-3-6-10-14)17(20-18)15-11-7-4-8-12-15/h1,3-12H,13H2,(H,19,20). The van der Waals surface area contributed by atoms with Crippen LogP contribution in [0.15, 0.2) is 65.8 Å². The van der Waals surface area contributed by atoms with E-state index in [9.17, 15) is 0 Å². The van der Waals surface area contributed by atoms with Crippen LogP contribution >= 0.6 is 11.8 Å². The van der Waals surface area contributed by atoms with Gasteiger partial charge in [0.1, 0.15) is 0 Å². The lowest BCUT2D eigenvalue weighted by atomic mass is 10.1. The summed E-state index contributed by atoms with van der Waals surface area (Å²) in [5.74, 6) is 3.23. The zero-order valence-electron chi connectivity index (χ0n) is 11.4. The van der Waals surface area contributed by atoms with Crippen molar-refractivity contribution >= 4 is 11.8 Å². The number of H-pyrrole nitrogens is 1. The summed E-state index contributed by atoms with van der Waals surface area (Å²) in [4.78, 5) is 8.09. The number of thioether (sulfide) groups is 1. The second-order valence-corrected chi connectivity index (χ2v) is 5.45. The van der Waals surface area contributed by atoms with Gasteiger partial charge in [0, 0.05) is 11.1 Å². The van der Waals surface area contributed by atoms with E-state index >= 15 is 0 Å². The number of nitrogens with zero attached hydrogens (tertiary/aromatic N) is 1. The lowest BCUT2D eigenvalue weighted by Crippen LogP contribution is -1.82. The van der Waals surface area contributed by atoms with Gasteiger partial charge in [-0.15, -0.1) is 6.42 Å². The van der Waals surface area contributed by atoms with Crippen LogP contribution < -0.4 is 0 Å². The molecule has 2 nitrogen and oxygen atoms in total. The van der Waals surface area contributed by atoms with Crippen LogP contribution in [0, 0.1) is 12.3 Å². The maximum atomic E-state index is 5.33. The van der Waals surface area contributed by atoms with Crippen molar-refractivity contribution in [3.63, 3.8) is 0 Å². The third-order valence-electron chi connectivity index (χ3n) is 3.08. The highest BCUT2D eigenvalue weighted by atomic mass is 32.2. The Kier molecular flexibility index (Phi) is 4.09. The van der Waals surface area contributed by atoms with Crippen molar-refractivity contribution in [2.24, 2.45) is 0 Å². The third kappa shape index (κ3) is 3.01. The van der Waals surface area contributed by atoms with Crippen LogP contribution in [-0.2, 0) is 0 Å². The Morgan fingerprint density at radius 2 is 1.57 bits per heavy atom. The van der Waals surface area contributed by atoms with E-state index in [0.717, 1.165) is 27.7 Å². The molecule has 0 atom stereocenters. The molecule has 3 heteroatoms. The fraction of sp³-hybridized carbons (Fsp3) is 0.0556. The van der Waals surface area contributed by atoms with Crippen molar-refractivity contribution in [2.45, 2.75) is 5.16 Å². The molecule has 0 spiro atoms. The van der Waals surface area contributed by atoms with Gasteiger partial charge in [-0.3, -0.25) is 0 Å². The quantitative estimate of drug-likeness (QED) is 0.567. The molecule has 2 aromatic carbocycles. The number of hydrogen-bond acceptors (Lipinski definition) is 2. The molecule has 21 heavy (non-hydrogen) atoms. The molecule has 0 radical (unpaired) electrons. The molecule has 0 saturated heterocycles. The zero-order chi connectivity index (χ0) is 14.5. The minimum absolute atomic E-state index is 0.607. The Labute approximate surface area is 128 Å². The first-order chi connectivity index (χ1) is 10.4. The molecule has 3 aromatic rings. The van der Waals surface area contributed by atoms with Crippen molar-refractivity contribution < 1.29 is 0 Å². The summed E-state index contributed by atoms with van der Waals surface area (Å²) in [7, 11) is 0. The average molecular weight is 290 g/mol. The van der Waals surface area contributed by atoms with Crippen molar-refractivity contribution in [2.75, 3.05) is 5.75 Å². The normalized spacial score (nSPS) is 10.2. The number of aromatic amines is 1. The Hall–Kier alpha value is -2.44. The molecule has 0 aliphatic carbocycles. The van der Waals surface area contributed by atoms with E-state index in [0.29, 0.717) is 5.75 Å². The molecule has 0 fully saturated rings. The van der Waals surface area contributed by atoms with Gasteiger partial charge >= 0.3 is 0 Å². The third-order valence-corrected chi connectivity index (χ3v) is 3.86. The van der Waals surface area contributed by atoms with E-state index in [1.165, 1.54) is 0 Å². The number of terminal acetylenes is 1. The lowest BCUT2D eigenvalue weighted by molar-refractivity contribution is 1.06. The molecule has 0 unspecified atom stereocenters. The van der Waals surface area contributed by atoms with E-state index in [-0.39, 0.29) is 0 Å². The van der Waals surface area contributed by atoms with Crippen molar-refractivity contribution in [3.05, 3.63) is 60.7 Å². The van der Waals surface area contributed by atoms with Crippen LogP contribution in [0.1, 0.15) is 0 Å². The summed E-state index contributed by atoms with van der Waals surface area (Å²) in [6.45, 7) is 0. The summed E-state index contributed by atoms with van der Waals surface area (Å²) in [6.07, 6.45) is 5.33. The monoisotopic (exact) mass is 290 g/mol. The Balaban J connectivity index is 2.09. The summed E-state index contributed by atoms with van der Waals surface area (Å²) in [6, 6.07) is 20.4. The second kappa shape index (κ2) is 6.34. The number of rotatable bonds is 4. The van der Waals surface area contributed by atoms with Gasteiger partial charge in [0.05, 0.1) is 17.1 Å². The van der Waals surface area contributed by atoms with Gasteiger partial charge in [0.15, 0.2) is 5.16 Å². The zero-order valence-corrected chi connectivity index (χ0v) is 12.2. The molecular formula is C18H14N2S. The summed E-state index contributed by atoms with van der Waals surface area (Å²) in [5, 5.41) is 0.852. The van der Waals surface area contributed by atoms with Crippen LogP contribution in [0.3, 0.4) is 0 Å². The highest BCUT2D eigenvalue weighted by Crippen LogP contribution is 2.32. The Morgan fingerprint density at radius 3 is 2.19 bits per heavy atom. The van der Waals surface area contributed by atoms with Gasteiger partial charge in [-0.05, 0) is 0 Å². The first-order valence-corrected chi connectivity index (χ1v) is 7.64. The maximum absolute atomic E-state index is 5.33. The molecule has 0 aliphatic heterocycles. The molecule has 1 heterocycles. The van der Waals surface area contributed by atoms with Crippen LogP contribution in [0.5, 0.6) is 0 Å². The van der Waals surface area contributed by atoms with Gasteiger partial charge in [-0.25, -0.2) is 4.98 Å². The average Bonchev–Trinajstić information content (AvgIpc) is 2.99. The second-order valence-electron chi connectivity index (χ2n) is 4.49. The fourth-order valence-corrected chi connectivity index (χ4v) is 2.70. The molecule has 3 rings (SSSR count). The topological polar surface area (TPSA) is 28.7 Å². The van der Waals surface area contributed by atoms with Crippen LogP contribution in [-0.4, -0.2) is 15.7 Å². The van der Waals surface area contributed by atoms with E-state index in [1.54, 1.807) is 11.8 Å². The number of aromatic nitrogens is 2. The molecule has 0 bridgehead atoms. The van der Waals surface area contributed by atoms with Crippen molar-refractivity contribution in [1.82, 2.24) is 9.97 Å². The SMILES string of the molecule is C#CCSc1nc(-c2ccccc2)c(-c2ccccc2)[nH]1. The Bertz CT molecular complexity index is 698. The maximum Gasteiger partial charge on any atom is 0.167 e. The fourth-order valence-electron chi connectivity index (χ4n) is 2.15. The summed E-state index contributed by atoms with van der Waals surface area (Å²) >= 11 is 1.54. The molecule has 1 N–H and O–H groups in total. The van der Waals surface area contributed by atoms with Gasteiger partial charge in [-0.2, -0.15) is 0 Å². The van der Waals surface area contributed by atoms with Crippen molar-refractivity contribution in [3.8, 4) is 34.9 Å². The minimum atomic E-state index is 0.607. The number of benzene rings is 2. The van der Waals surface area contributed by atoms with E-state index in [4.69, 9.17) is 11.4 Å². The van der Waals surface area contributed by atoms with Gasteiger partial charge in [0.2, 0.25) is 0 Å². The van der Waals surface area contributed by atoms with E-state index in [2.05, 4.69) is 35.2 Å². The molecule has 0 saturated carbocycles.